The normalized spacial score (nSPS) is 17.0. The monoisotopic (exact) mass is 388 g/mol. The first-order chi connectivity index (χ1) is 14.0. The largest absolute Gasteiger partial charge is 0.345 e. The van der Waals surface area contributed by atoms with E-state index >= 15 is 0 Å². The molecule has 0 radical (unpaired) electrons. The van der Waals surface area contributed by atoms with Gasteiger partial charge in [0, 0.05) is 32.2 Å². The number of nitrogens with zero attached hydrogens (tertiary/aromatic N) is 3. The molecule has 1 aromatic heterocycles. The van der Waals surface area contributed by atoms with Gasteiger partial charge in [0.25, 0.3) is 0 Å². The number of rotatable bonds is 5. The fourth-order valence-electron chi connectivity index (χ4n) is 3.92. The lowest BCUT2D eigenvalue weighted by Gasteiger charge is -2.31. The van der Waals surface area contributed by atoms with Crippen molar-refractivity contribution < 1.29 is 9.59 Å². The predicted octanol–water partition coefficient (Wildman–Crippen LogP) is 2.66. The van der Waals surface area contributed by atoms with E-state index in [1.807, 2.05) is 72.4 Å². The standard InChI is InChI=1S/C23H24N4O2/c1-26-13-12-24-21(26)19(14-16-8-4-3-5-9-16)25-22(28)18-15-17-10-6-7-11-20(17)27(2)23(18)29/h3-13,18-19H,14-15H2,1-2H3,(H,25,28). The van der Waals surface area contributed by atoms with Crippen LogP contribution in [0.2, 0.25) is 0 Å². The molecule has 29 heavy (non-hydrogen) atoms. The molecule has 0 bridgehead atoms. The Kier molecular flexibility index (Phi) is 5.16. The Morgan fingerprint density at radius 3 is 2.59 bits per heavy atom. The number of fused-ring (bicyclic) bond motifs is 1. The van der Waals surface area contributed by atoms with Gasteiger partial charge >= 0.3 is 0 Å². The van der Waals surface area contributed by atoms with Crippen LogP contribution in [-0.2, 0) is 29.5 Å². The third kappa shape index (κ3) is 3.78. The zero-order chi connectivity index (χ0) is 20.4. The Hall–Kier alpha value is -3.41. The highest BCUT2D eigenvalue weighted by Gasteiger charge is 2.36. The summed E-state index contributed by atoms with van der Waals surface area (Å²) in [4.78, 5) is 32.1. The van der Waals surface area contributed by atoms with Crippen LogP contribution in [0.25, 0.3) is 0 Å². The van der Waals surface area contributed by atoms with E-state index in [4.69, 9.17) is 0 Å². The second-order valence-corrected chi connectivity index (χ2v) is 7.43. The average molecular weight is 388 g/mol. The van der Waals surface area contributed by atoms with E-state index in [2.05, 4.69) is 10.3 Å². The molecule has 1 aliphatic rings. The number of imidazole rings is 1. The Bertz CT molecular complexity index is 1030. The van der Waals surface area contributed by atoms with Crippen molar-refractivity contribution in [1.82, 2.24) is 14.9 Å². The minimum absolute atomic E-state index is 0.181. The first kappa shape index (κ1) is 18.9. The van der Waals surface area contributed by atoms with Gasteiger partial charge in [0.05, 0.1) is 6.04 Å². The number of carbonyl (C=O) groups excluding carboxylic acids is 2. The highest BCUT2D eigenvalue weighted by atomic mass is 16.2. The van der Waals surface area contributed by atoms with Gasteiger partial charge in [0.1, 0.15) is 11.7 Å². The fraction of sp³-hybridized carbons (Fsp3) is 0.261. The van der Waals surface area contributed by atoms with Crippen LogP contribution in [0.3, 0.4) is 0 Å². The van der Waals surface area contributed by atoms with Crippen molar-refractivity contribution >= 4 is 17.5 Å². The van der Waals surface area contributed by atoms with Gasteiger partial charge in [-0.1, -0.05) is 48.5 Å². The SMILES string of the molecule is CN1C(=O)C(C(=O)NC(Cc2ccccc2)c2nccn2C)Cc2ccccc21. The van der Waals surface area contributed by atoms with E-state index in [9.17, 15) is 9.59 Å². The number of para-hydroxylation sites is 1. The molecule has 2 heterocycles. The third-order valence-electron chi connectivity index (χ3n) is 5.49. The quantitative estimate of drug-likeness (QED) is 0.684. The summed E-state index contributed by atoms with van der Waals surface area (Å²) in [5.41, 5.74) is 2.97. The second-order valence-electron chi connectivity index (χ2n) is 7.43. The maximum Gasteiger partial charge on any atom is 0.239 e. The summed E-state index contributed by atoms with van der Waals surface area (Å²) in [5.74, 6) is -0.424. The molecule has 2 aromatic carbocycles. The maximum atomic E-state index is 13.2. The van der Waals surface area contributed by atoms with Crippen LogP contribution < -0.4 is 10.2 Å². The number of hydrogen-bond acceptors (Lipinski definition) is 3. The highest BCUT2D eigenvalue weighted by Crippen LogP contribution is 2.30. The van der Waals surface area contributed by atoms with Crippen molar-refractivity contribution in [3.8, 4) is 0 Å². The van der Waals surface area contributed by atoms with Crippen LogP contribution in [0, 0.1) is 5.92 Å². The maximum absolute atomic E-state index is 13.2. The summed E-state index contributed by atoms with van der Waals surface area (Å²) in [6.07, 6.45) is 4.58. The summed E-state index contributed by atoms with van der Waals surface area (Å²) in [6.45, 7) is 0. The molecule has 4 rings (SSSR count). The second kappa shape index (κ2) is 7.91. The molecule has 6 heteroatoms. The van der Waals surface area contributed by atoms with Gasteiger partial charge in [-0.2, -0.15) is 0 Å². The minimum atomic E-state index is -0.742. The van der Waals surface area contributed by atoms with Crippen molar-refractivity contribution in [2.45, 2.75) is 18.9 Å². The molecule has 0 saturated heterocycles. The van der Waals surface area contributed by atoms with Crippen LogP contribution >= 0.6 is 0 Å². The molecule has 148 valence electrons. The molecule has 3 aromatic rings. The van der Waals surface area contributed by atoms with E-state index in [1.54, 1.807) is 18.1 Å². The predicted molar refractivity (Wildman–Crippen MR) is 111 cm³/mol. The number of hydrogen-bond donors (Lipinski definition) is 1. The van der Waals surface area contributed by atoms with Crippen molar-refractivity contribution in [3.63, 3.8) is 0 Å². The number of nitrogens with one attached hydrogen (secondary N) is 1. The van der Waals surface area contributed by atoms with Crippen LogP contribution in [0.1, 0.15) is 23.0 Å². The topological polar surface area (TPSA) is 67.2 Å². The molecule has 0 saturated carbocycles. The zero-order valence-electron chi connectivity index (χ0n) is 16.6. The number of anilines is 1. The molecule has 2 amide bonds. The molecular formula is C23H24N4O2. The average Bonchev–Trinajstić information content (AvgIpc) is 3.16. The van der Waals surface area contributed by atoms with Crippen LogP contribution in [0.4, 0.5) is 5.69 Å². The molecule has 6 nitrogen and oxygen atoms in total. The minimum Gasteiger partial charge on any atom is -0.345 e. The van der Waals surface area contributed by atoms with E-state index in [0.717, 1.165) is 22.6 Å². The van der Waals surface area contributed by atoms with Gasteiger partial charge in [0.15, 0.2) is 0 Å². The number of amides is 2. The fourth-order valence-corrected chi connectivity index (χ4v) is 3.92. The molecule has 1 N–H and O–H groups in total. The summed E-state index contributed by atoms with van der Waals surface area (Å²) in [7, 11) is 3.63. The molecular weight excluding hydrogens is 364 g/mol. The first-order valence-electron chi connectivity index (χ1n) is 9.71. The van der Waals surface area contributed by atoms with Gasteiger partial charge < -0.3 is 14.8 Å². The first-order valence-corrected chi connectivity index (χ1v) is 9.71. The van der Waals surface area contributed by atoms with Gasteiger partial charge in [-0.05, 0) is 30.0 Å². The van der Waals surface area contributed by atoms with Gasteiger partial charge in [0.2, 0.25) is 11.8 Å². The zero-order valence-corrected chi connectivity index (χ0v) is 16.6. The smallest absolute Gasteiger partial charge is 0.239 e. The van der Waals surface area contributed by atoms with E-state index in [0.29, 0.717) is 12.8 Å². The number of aryl methyl sites for hydroxylation is 1. The molecule has 0 aliphatic carbocycles. The lowest BCUT2D eigenvalue weighted by atomic mass is 9.91. The summed E-state index contributed by atoms with van der Waals surface area (Å²) >= 11 is 0. The third-order valence-corrected chi connectivity index (χ3v) is 5.49. The molecule has 0 fully saturated rings. The van der Waals surface area contributed by atoms with Crippen molar-refractivity contribution in [2.24, 2.45) is 13.0 Å². The molecule has 2 atom stereocenters. The number of carbonyl (C=O) groups is 2. The van der Waals surface area contributed by atoms with Crippen LogP contribution in [0.15, 0.2) is 67.0 Å². The van der Waals surface area contributed by atoms with E-state index in [1.165, 1.54) is 0 Å². The van der Waals surface area contributed by atoms with Gasteiger partial charge in [-0.15, -0.1) is 0 Å². The van der Waals surface area contributed by atoms with Crippen LogP contribution in [-0.4, -0.2) is 28.4 Å². The summed E-state index contributed by atoms with van der Waals surface area (Å²) < 4.78 is 1.90. The number of aromatic nitrogens is 2. The Morgan fingerprint density at radius 2 is 1.86 bits per heavy atom. The molecule has 1 aliphatic heterocycles. The van der Waals surface area contributed by atoms with Crippen molar-refractivity contribution in [1.29, 1.82) is 0 Å². The van der Waals surface area contributed by atoms with E-state index < -0.39 is 5.92 Å². The Morgan fingerprint density at radius 1 is 1.14 bits per heavy atom. The number of benzene rings is 2. The lowest BCUT2D eigenvalue weighted by molar-refractivity contribution is -0.134. The molecule has 2 unspecified atom stereocenters. The Labute approximate surface area is 170 Å². The van der Waals surface area contributed by atoms with E-state index in [-0.39, 0.29) is 17.9 Å². The summed E-state index contributed by atoms with van der Waals surface area (Å²) in [5, 5.41) is 3.09. The summed E-state index contributed by atoms with van der Waals surface area (Å²) in [6, 6.07) is 17.4. The molecule has 0 spiro atoms. The van der Waals surface area contributed by atoms with Gasteiger partial charge in [-0.3, -0.25) is 9.59 Å². The highest BCUT2D eigenvalue weighted by molar-refractivity contribution is 6.09. The van der Waals surface area contributed by atoms with Crippen molar-refractivity contribution in [2.75, 3.05) is 11.9 Å². The van der Waals surface area contributed by atoms with Crippen LogP contribution in [0.5, 0.6) is 0 Å². The van der Waals surface area contributed by atoms with Gasteiger partial charge in [-0.25, -0.2) is 4.98 Å². The Balaban J connectivity index is 1.58. The lowest BCUT2D eigenvalue weighted by Crippen LogP contribution is -2.47. The van der Waals surface area contributed by atoms with Crippen molar-refractivity contribution in [3.05, 3.63) is 83.9 Å².